The maximum atomic E-state index is 12.9. The summed E-state index contributed by atoms with van der Waals surface area (Å²) in [5.74, 6) is 1.34. The molecule has 6 nitrogen and oxygen atoms in total. The van der Waals surface area contributed by atoms with Gasteiger partial charge in [0.25, 0.3) is 5.91 Å². The predicted octanol–water partition coefficient (Wildman–Crippen LogP) is 3.63. The molecule has 27 heavy (non-hydrogen) atoms. The van der Waals surface area contributed by atoms with Crippen molar-refractivity contribution in [3.05, 3.63) is 39.9 Å². The summed E-state index contributed by atoms with van der Waals surface area (Å²) in [6.07, 6.45) is 2.60. The van der Waals surface area contributed by atoms with Crippen LogP contribution in [-0.4, -0.2) is 52.3 Å². The summed E-state index contributed by atoms with van der Waals surface area (Å²) < 4.78 is 1.59. The van der Waals surface area contributed by atoms with E-state index in [0.717, 1.165) is 32.5 Å². The molecule has 0 atom stereocenters. The van der Waals surface area contributed by atoms with E-state index < -0.39 is 0 Å². The molecule has 1 aliphatic heterocycles. The molecule has 0 bridgehead atoms. The van der Waals surface area contributed by atoms with E-state index >= 15 is 0 Å². The van der Waals surface area contributed by atoms with Gasteiger partial charge < -0.3 is 10.2 Å². The fourth-order valence-corrected chi connectivity index (χ4v) is 3.86. The maximum absolute atomic E-state index is 12.9. The molecule has 1 aromatic carbocycles. The fraction of sp³-hybridized carbons (Fsp3) is 0.500. The van der Waals surface area contributed by atoms with Crippen molar-refractivity contribution in [3.63, 3.8) is 0 Å². The highest BCUT2D eigenvalue weighted by molar-refractivity contribution is 6.37. The second-order valence-electron chi connectivity index (χ2n) is 6.48. The minimum atomic E-state index is -0.135. The Morgan fingerprint density at radius 2 is 1.89 bits per heavy atom. The third kappa shape index (κ3) is 4.74. The first kappa shape index (κ1) is 22.0. The van der Waals surface area contributed by atoms with Crippen molar-refractivity contribution in [2.45, 2.75) is 26.2 Å². The van der Waals surface area contributed by atoms with Crippen LogP contribution in [0.15, 0.2) is 18.2 Å². The summed E-state index contributed by atoms with van der Waals surface area (Å²) in [6.45, 7) is 4.41. The van der Waals surface area contributed by atoms with Crippen molar-refractivity contribution >= 4 is 41.5 Å². The average Bonchev–Trinajstić information content (AvgIpc) is 3.06. The minimum Gasteiger partial charge on any atom is -0.336 e. The molecule has 148 valence electrons. The molecule has 0 unspecified atom stereocenters. The third-order valence-electron chi connectivity index (χ3n) is 4.73. The molecule has 1 saturated heterocycles. The number of rotatable bonds is 5. The maximum Gasteiger partial charge on any atom is 0.293 e. The summed E-state index contributed by atoms with van der Waals surface area (Å²) in [6, 6.07) is 5.27. The van der Waals surface area contributed by atoms with Gasteiger partial charge in [0.15, 0.2) is 0 Å². The van der Waals surface area contributed by atoms with E-state index in [-0.39, 0.29) is 24.1 Å². The Morgan fingerprint density at radius 1 is 1.26 bits per heavy atom. The summed E-state index contributed by atoms with van der Waals surface area (Å²) in [5.41, 5.74) is 0.562. The van der Waals surface area contributed by atoms with Crippen molar-refractivity contribution in [1.82, 2.24) is 25.0 Å². The van der Waals surface area contributed by atoms with Crippen LogP contribution in [0.25, 0.3) is 5.69 Å². The Hall–Kier alpha value is -1.34. The number of likely N-dealkylation sites (tertiary alicyclic amines) is 1. The number of halogens is 3. The quantitative estimate of drug-likeness (QED) is 0.783. The zero-order valence-corrected chi connectivity index (χ0v) is 17.7. The first-order valence-corrected chi connectivity index (χ1v) is 9.65. The average molecular weight is 433 g/mol. The van der Waals surface area contributed by atoms with E-state index in [1.54, 1.807) is 22.9 Å². The van der Waals surface area contributed by atoms with Gasteiger partial charge in [-0.15, -0.1) is 17.5 Å². The molecule has 0 radical (unpaired) electrons. The standard InChI is InChI=1S/C18H23Cl2N5O.ClH/c1-3-15-22-17(18(26)24-9-7-12(8-10-24)11-21-2)23-25(15)16-13(19)5-4-6-14(16)20;/h4-6,12,21H,3,7-11H2,1-2H3;1H. The molecule has 0 spiro atoms. The number of aryl methyl sites for hydroxylation is 1. The van der Waals surface area contributed by atoms with Gasteiger partial charge >= 0.3 is 0 Å². The van der Waals surface area contributed by atoms with Crippen LogP contribution in [0.1, 0.15) is 36.2 Å². The van der Waals surface area contributed by atoms with E-state index in [4.69, 9.17) is 23.2 Å². The normalized spacial score (nSPS) is 14.9. The van der Waals surface area contributed by atoms with Crippen LogP contribution in [0, 0.1) is 5.92 Å². The second-order valence-corrected chi connectivity index (χ2v) is 7.29. The lowest BCUT2D eigenvalue weighted by molar-refractivity contribution is 0.0678. The smallest absolute Gasteiger partial charge is 0.293 e. The van der Waals surface area contributed by atoms with E-state index in [2.05, 4.69) is 15.4 Å². The van der Waals surface area contributed by atoms with Crippen molar-refractivity contribution in [2.75, 3.05) is 26.7 Å². The van der Waals surface area contributed by atoms with E-state index in [1.165, 1.54) is 0 Å². The summed E-state index contributed by atoms with van der Waals surface area (Å²) in [7, 11) is 1.96. The number of carbonyl (C=O) groups is 1. The third-order valence-corrected chi connectivity index (χ3v) is 5.34. The topological polar surface area (TPSA) is 63.1 Å². The lowest BCUT2D eigenvalue weighted by Gasteiger charge is -2.31. The minimum absolute atomic E-state index is 0. The van der Waals surface area contributed by atoms with Gasteiger partial charge in [0.1, 0.15) is 11.5 Å². The molecule has 2 heterocycles. The summed E-state index contributed by atoms with van der Waals surface area (Å²) in [4.78, 5) is 19.1. The molecule has 1 aliphatic rings. The molecule has 1 fully saturated rings. The molecule has 2 aromatic rings. The molecule has 3 rings (SSSR count). The number of hydrogen-bond donors (Lipinski definition) is 1. The number of amides is 1. The van der Waals surface area contributed by atoms with Crippen molar-refractivity contribution in [2.24, 2.45) is 5.92 Å². The lowest BCUT2D eigenvalue weighted by atomic mass is 9.97. The summed E-state index contributed by atoms with van der Waals surface area (Å²) in [5, 5.41) is 8.59. The number of aromatic nitrogens is 3. The van der Waals surface area contributed by atoms with Gasteiger partial charge in [-0.1, -0.05) is 36.2 Å². The van der Waals surface area contributed by atoms with Crippen LogP contribution in [0.5, 0.6) is 0 Å². The molecule has 9 heteroatoms. The molecule has 1 N–H and O–H groups in total. The Bertz CT molecular complexity index is 767. The highest BCUT2D eigenvalue weighted by Gasteiger charge is 2.27. The molecule has 1 amide bonds. The van der Waals surface area contributed by atoms with E-state index in [0.29, 0.717) is 33.9 Å². The Kier molecular flexibility index (Phi) is 7.91. The SMILES string of the molecule is CCc1nc(C(=O)N2CCC(CNC)CC2)nn1-c1c(Cl)cccc1Cl.Cl. The van der Waals surface area contributed by atoms with Gasteiger partial charge in [-0.3, -0.25) is 4.79 Å². The van der Waals surface area contributed by atoms with Gasteiger partial charge in [-0.25, -0.2) is 9.67 Å². The van der Waals surface area contributed by atoms with Crippen molar-refractivity contribution < 1.29 is 4.79 Å². The van der Waals surface area contributed by atoms with E-state index in [1.807, 2.05) is 18.9 Å². The number of nitrogens with zero attached hydrogens (tertiary/aromatic N) is 4. The lowest BCUT2D eigenvalue weighted by Crippen LogP contribution is -2.40. The van der Waals surface area contributed by atoms with Crippen LogP contribution < -0.4 is 5.32 Å². The van der Waals surface area contributed by atoms with Crippen LogP contribution in [0.2, 0.25) is 10.0 Å². The van der Waals surface area contributed by atoms with Crippen LogP contribution >= 0.6 is 35.6 Å². The van der Waals surface area contributed by atoms with Crippen LogP contribution in [0.4, 0.5) is 0 Å². The van der Waals surface area contributed by atoms with Crippen molar-refractivity contribution in [1.29, 1.82) is 0 Å². The van der Waals surface area contributed by atoms with Crippen molar-refractivity contribution in [3.8, 4) is 5.69 Å². The van der Waals surface area contributed by atoms with Crippen LogP contribution in [-0.2, 0) is 6.42 Å². The van der Waals surface area contributed by atoms with Gasteiger partial charge in [-0.05, 0) is 44.5 Å². The molecule has 0 saturated carbocycles. The summed E-state index contributed by atoms with van der Waals surface area (Å²) >= 11 is 12.6. The second kappa shape index (κ2) is 9.73. The fourth-order valence-electron chi connectivity index (χ4n) is 3.30. The van der Waals surface area contributed by atoms with Gasteiger partial charge in [0, 0.05) is 19.5 Å². The number of nitrogens with one attached hydrogen (secondary N) is 1. The molecule has 0 aliphatic carbocycles. The largest absolute Gasteiger partial charge is 0.336 e. The first-order chi connectivity index (χ1) is 12.5. The number of carbonyl (C=O) groups excluding carboxylic acids is 1. The first-order valence-electron chi connectivity index (χ1n) is 8.89. The van der Waals surface area contributed by atoms with E-state index in [9.17, 15) is 4.79 Å². The zero-order valence-electron chi connectivity index (χ0n) is 15.4. The van der Waals surface area contributed by atoms with Gasteiger partial charge in [0.05, 0.1) is 10.0 Å². The Labute approximate surface area is 175 Å². The highest BCUT2D eigenvalue weighted by Crippen LogP contribution is 2.29. The van der Waals surface area contributed by atoms with Gasteiger partial charge in [-0.2, -0.15) is 0 Å². The Balaban J connectivity index is 0.00000261. The molecular weight excluding hydrogens is 409 g/mol. The monoisotopic (exact) mass is 431 g/mol. The number of para-hydroxylation sites is 1. The van der Waals surface area contributed by atoms with Crippen LogP contribution in [0.3, 0.4) is 0 Å². The van der Waals surface area contributed by atoms with Gasteiger partial charge in [0.2, 0.25) is 5.82 Å². The number of hydrogen-bond acceptors (Lipinski definition) is 4. The zero-order chi connectivity index (χ0) is 18.7. The highest BCUT2D eigenvalue weighted by atomic mass is 35.5. The molecular formula is C18H24Cl3N5O. The molecule has 1 aromatic heterocycles. The predicted molar refractivity (Wildman–Crippen MR) is 111 cm³/mol. The Morgan fingerprint density at radius 3 is 2.44 bits per heavy atom. The number of piperidine rings is 1. The number of benzene rings is 1.